The van der Waals surface area contributed by atoms with Gasteiger partial charge in [-0.1, -0.05) is 36.4 Å². The van der Waals surface area contributed by atoms with Crippen LogP contribution in [0.4, 0.5) is 9.39 Å². The number of benzene rings is 2. The zero-order valence-corrected chi connectivity index (χ0v) is 16.0. The van der Waals surface area contributed by atoms with Gasteiger partial charge >= 0.3 is 0 Å². The third-order valence-electron chi connectivity index (χ3n) is 4.02. The fourth-order valence-corrected chi connectivity index (χ4v) is 5.83. The first kappa shape index (κ1) is 18.8. The lowest BCUT2D eigenvalue weighted by atomic mass is 10.2. The number of hydrogen-bond acceptors (Lipinski definition) is 4. The standard InChI is InChI=1S/C19H20FNO3S2/c1-24-14-17-16-10-5-6-11-18(16)25-19(17)21(13-7-12-20)26(22,23)15-8-3-2-4-9-15/h2-6,8-11H,7,12-14H2,1H3. The van der Waals surface area contributed by atoms with Crippen LogP contribution in [-0.4, -0.2) is 28.7 Å². The molecule has 138 valence electrons. The summed E-state index contributed by atoms with van der Waals surface area (Å²) >= 11 is 1.39. The summed E-state index contributed by atoms with van der Waals surface area (Å²) in [5, 5.41) is 1.55. The molecule has 1 heterocycles. The van der Waals surface area contributed by atoms with Crippen LogP contribution in [0, 0.1) is 0 Å². The number of alkyl halides is 1. The largest absolute Gasteiger partial charge is 0.380 e. The van der Waals surface area contributed by atoms with E-state index < -0.39 is 16.7 Å². The van der Waals surface area contributed by atoms with Crippen molar-refractivity contribution in [3.63, 3.8) is 0 Å². The molecular weight excluding hydrogens is 373 g/mol. The van der Waals surface area contributed by atoms with Crippen molar-refractivity contribution in [1.29, 1.82) is 0 Å². The van der Waals surface area contributed by atoms with Gasteiger partial charge < -0.3 is 4.74 Å². The van der Waals surface area contributed by atoms with Gasteiger partial charge in [-0.15, -0.1) is 11.3 Å². The number of nitrogens with zero attached hydrogens (tertiary/aromatic N) is 1. The molecule has 1 aromatic heterocycles. The zero-order valence-electron chi connectivity index (χ0n) is 14.4. The summed E-state index contributed by atoms with van der Waals surface area (Å²) in [6.45, 7) is -0.210. The van der Waals surface area contributed by atoms with Crippen LogP contribution in [0.15, 0.2) is 59.5 Å². The molecule has 0 unspecified atom stereocenters. The molecular formula is C19H20FNO3S2. The summed E-state index contributed by atoms with van der Waals surface area (Å²) in [4.78, 5) is 0.194. The molecule has 7 heteroatoms. The molecule has 0 aliphatic heterocycles. The van der Waals surface area contributed by atoms with Gasteiger partial charge in [-0.25, -0.2) is 8.42 Å². The number of anilines is 1. The second-order valence-corrected chi connectivity index (χ2v) is 8.64. The number of ether oxygens (including phenoxy) is 1. The Labute approximate surface area is 156 Å². The molecule has 0 spiro atoms. The molecule has 26 heavy (non-hydrogen) atoms. The first-order chi connectivity index (χ1) is 12.6. The number of thiophene rings is 1. The summed E-state index contributed by atoms with van der Waals surface area (Å²) in [5.41, 5.74) is 0.812. The predicted octanol–water partition coefficient (Wildman–Crippen LogP) is 4.60. The van der Waals surface area contributed by atoms with E-state index in [9.17, 15) is 12.8 Å². The molecule has 0 saturated carbocycles. The van der Waals surface area contributed by atoms with Gasteiger partial charge in [0.05, 0.1) is 18.2 Å². The van der Waals surface area contributed by atoms with Gasteiger partial charge in [0.25, 0.3) is 10.0 Å². The number of sulfonamides is 1. The van der Waals surface area contributed by atoms with E-state index in [2.05, 4.69) is 0 Å². The smallest absolute Gasteiger partial charge is 0.264 e. The monoisotopic (exact) mass is 393 g/mol. The van der Waals surface area contributed by atoms with Crippen LogP contribution in [0.25, 0.3) is 10.1 Å². The van der Waals surface area contributed by atoms with Gasteiger partial charge in [0.2, 0.25) is 0 Å². The maximum atomic E-state index is 13.2. The fourth-order valence-electron chi connectivity index (χ4n) is 2.83. The highest BCUT2D eigenvalue weighted by Crippen LogP contribution is 2.40. The molecule has 3 aromatic rings. The normalized spacial score (nSPS) is 11.8. The van der Waals surface area contributed by atoms with Crippen LogP contribution in [0.2, 0.25) is 0 Å². The highest BCUT2D eigenvalue weighted by molar-refractivity contribution is 7.93. The van der Waals surface area contributed by atoms with E-state index in [0.717, 1.165) is 15.6 Å². The van der Waals surface area contributed by atoms with Crippen molar-refractivity contribution in [2.45, 2.75) is 17.9 Å². The second-order valence-electron chi connectivity index (χ2n) is 5.75. The molecule has 0 N–H and O–H groups in total. The van der Waals surface area contributed by atoms with Gasteiger partial charge in [-0.2, -0.15) is 0 Å². The fraction of sp³-hybridized carbons (Fsp3) is 0.263. The summed E-state index contributed by atoms with van der Waals surface area (Å²) in [5.74, 6) is 0. The van der Waals surface area contributed by atoms with Crippen molar-refractivity contribution in [1.82, 2.24) is 0 Å². The molecule has 0 aliphatic rings. The first-order valence-corrected chi connectivity index (χ1v) is 10.5. The topological polar surface area (TPSA) is 46.6 Å². The van der Waals surface area contributed by atoms with Crippen molar-refractivity contribution in [3.05, 3.63) is 60.2 Å². The molecule has 2 aromatic carbocycles. The Morgan fingerprint density at radius 1 is 1.08 bits per heavy atom. The van der Waals surface area contributed by atoms with Crippen LogP contribution in [0.5, 0.6) is 0 Å². The number of fused-ring (bicyclic) bond motifs is 1. The maximum absolute atomic E-state index is 13.2. The predicted molar refractivity (Wildman–Crippen MR) is 104 cm³/mol. The van der Waals surface area contributed by atoms with Gasteiger partial charge in [0.15, 0.2) is 0 Å². The molecule has 0 aliphatic carbocycles. The van der Waals surface area contributed by atoms with Crippen LogP contribution in [-0.2, 0) is 21.4 Å². The molecule has 0 radical (unpaired) electrons. The van der Waals surface area contributed by atoms with Crippen molar-refractivity contribution >= 4 is 36.4 Å². The quantitative estimate of drug-likeness (QED) is 0.562. The Kier molecular flexibility index (Phi) is 5.90. The van der Waals surface area contributed by atoms with Crippen LogP contribution >= 0.6 is 11.3 Å². The minimum absolute atomic E-state index is 0.0806. The van der Waals surface area contributed by atoms with Gasteiger partial charge in [-0.05, 0) is 24.6 Å². The third-order valence-corrected chi connectivity index (χ3v) is 7.18. The lowest BCUT2D eigenvalue weighted by Crippen LogP contribution is -2.32. The van der Waals surface area contributed by atoms with Crippen LogP contribution in [0.3, 0.4) is 0 Å². The minimum atomic E-state index is -3.79. The van der Waals surface area contributed by atoms with Crippen molar-refractivity contribution in [2.75, 3.05) is 24.6 Å². The van der Waals surface area contributed by atoms with Gasteiger partial charge in [-0.3, -0.25) is 8.70 Å². The number of halogens is 1. The molecule has 0 fully saturated rings. The van der Waals surface area contributed by atoms with E-state index in [1.807, 2.05) is 24.3 Å². The van der Waals surface area contributed by atoms with Gasteiger partial charge in [0, 0.05) is 29.3 Å². The highest BCUT2D eigenvalue weighted by Gasteiger charge is 2.29. The minimum Gasteiger partial charge on any atom is -0.380 e. The van der Waals surface area contributed by atoms with E-state index in [-0.39, 0.29) is 24.5 Å². The number of rotatable bonds is 8. The third kappa shape index (κ3) is 3.60. The van der Waals surface area contributed by atoms with E-state index in [1.54, 1.807) is 37.4 Å². The van der Waals surface area contributed by atoms with Crippen LogP contribution in [0.1, 0.15) is 12.0 Å². The number of methoxy groups -OCH3 is 1. The Morgan fingerprint density at radius 3 is 2.46 bits per heavy atom. The second kappa shape index (κ2) is 8.16. The summed E-state index contributed by atoms with van der Waals surface area (Å²) < 4.78 is 47.0. The molecule has 0 bridgehead atoms. The maximum Gasteiger partial charge on any atom is 0.264 e. The summed E-state index contributed by atoms with van der Waals surface area (Å²) in [7, 11) is -2.22. The molecule has 3 rings (SSSR count). The van der Waals surface area contributed by atoms with Gasteiger partial charge in [0.1, 0.15) is 5.00 Å². The van der Waals surface area contributed by atoms with Crippen molar-refractivity contribution in [2.24, 2.45) is 0 Å². The summed E-state index contributed by atoms with van der Waals surface area (Å²) in [6, 6.07) is 16.0. The zero-order chi connectivity index (χ0) is 18.6. The summed E-state index contributed by atoms with van der Waals surface area (Å²) in [6.07, 6.45) is 0.132. The highest BCUT2D eigenvalue weighted by atomic mass is 32.2. The van der Waals surface area contributed by atoms with E-state index >= 15 is 0 Å². The molecule has 0 saturated heterocycles. The van der Waals surface area contributed by atoms with E-state index in [1.165, 1.54) is 15.6 Å². The molecule has 4 nitrogen and oxygen atoms in total. The Bertz CT molecular complexity index is 971. The van der Waals surface area contributed by atoms with Crippen molar-refractivity contribution in [3.8, 4) is 0 Å². The Hall–Kier alpha value is -1.96. The Balaban J connectivity index is 2.17. The lowest BCUT2D eigenvalue weighted by Gasteiger charge is -2.24. The van der Waals surface area contributed by atoms with Crippen LogP contribution < -0.4 is 4.31 Å². The molecule has 0 amide bonds. The average molecular weight is 394 g/mol. The molecule has 0 atom stereocenters. The lowest BCUT2D eigenvalue weighted by molar-refractivity contribution is 0.186. The van der Waals surface area contributed by atoms with Crippen molar-refractivity contribution < 1.29 is 17.5 Å². The Morgan fingerprint density at radius 2 is 1.77 bits per heavy atom. The average Bonchev–Trinajstić information content (AvgIpc) is 3.01. The van der Waals surface area contributed by atoms with E-state index in [0.29, 0.717) is 5.00 Å². The van der Waals surface area contributed by atoms with E-state index in [4.69, 9.17) is 4.74 Å². The SMILES string of the molecule is COCc1c(N(CCCF)S(=O)(=O)c2ccccc2)sc2ccccc12. The number of hydrogen-bond donors (Lipinski definition) is 0. The first-order valence-electron chi connectivity index (χ1n) is 8.22.